The number of fused-ring (bicyclic) bond motifs is 2. The molecular weight excluding hydrogens is 443 g/mol. The number of ether oxygens (including phenoxy) is 2. The van der Waals surface area contributed by atoms with Crippen LogP contribution in [0.15, 0.2) is 29.3 Å². The number of aliphatic imine (C=N–C) groups is 1. The van der Waals surface area contributed by atoms with Gasteiger partial charge >= 0.3 is 0 Å². The van der Waals surface area contributed by atoms with E-state index >= 15 is 0 Å². The van der Waals surface area contributed by atoms with Gasteiger partial charge in [0.15, 0.2) is 5.96 Å². The van der Waals surface area contributed by atoms with Crippen molar-refractivity contribution in [3.8, 4) is 5.75 Å². The summed E-state index contributed by atoms with van der Waals surface area (Å²) in [6.45, 7) is 0.778. The molecule has 0 spiro atoms. The first-order valence-electron chi connectivity index (χ1n) is 9.03. The van der Waals surface area contributed by atoms with E-state index in [0.29, 0.717) is 18.2 Å². The molecule has 4 atom stereocenters. The summed E-state index contributed by atoms with van der Waals surface area (Å²) in [5.41, 5.74) is 1.25. The van der Waals surface area contributed by atoms with E-state index in [0.717, 1.165) is 31.1 Å². The molecule has 0 amide bonds. The quantitative estimate of drug-likeness (QED) is 0.377. The number of guanidine groups is 1. The van der Waals surface area contributed by atoms with Crippen molar-refractivity contribution in [2.45, 2.75) is 43.6 Å². The first-order valence-corrected chi connectivity index (χ1v) is 9.03. The minimum atomic E-state index is 0. The van der Waals surface area contributed by atoms with Crippen LogP contribution >= 0.6 is 24.0 Å². The molecule has 2 N–H and O–H groups in total. The average Bonchev–Trinajstić information content (AvgIpc) is 3.24. The molecule has 0 aromatic heterocycles. The minimum Gasteiger partial charge on any atom is -0.497 e. The largest absolute Gasteiger partial charge is 0.497 e. The van der Waals surface area contributed by atoms with Gasteiger partial charge in [0, 0.05) is 13.6 Å². The summed E-state index contributed by atoms with van der Waals surface area (Å²) in [6, 6.07) is 8.87. The van der Waals surface area contributed by atoms with Crippen LogP contribution in [-0.2, 0) is 4.74 Å². The highest BCUT2D eigenvalue weighted by atomic mass is 127. The van der Waals surface area contributed by atoms with Crippen LogP contribution in [0.25, 0.3) is 0 Å². The van der Waals surface area contributed by atoms with Crippen molar-refractivity contribution in [1.29, 1.82) is 0 Å². The molecule has 3 rings (SSSR count). The number of hydrogen-bond donors (Lipinski definition) is 2. The zero-order valence-corrected chi connectivity index (χ0v) is 18.4. The third kappa shape index (κ3) is 5.01. The van der Waals surface area contributed by atoms with Crippen molar-refractivity contribution < 1.29 is 9.47 Å². The monoisotopic (exact) mass is 474 g/mol. The summed E-state index contributed by atoms with van der Waals surface area (Å²) in [7, 11) is 7.70. The van der Waals surface area contributed by atoms with E-state index in [4.69, 9.17) is 9.47 Å². The molecule has 2 fully saturated rings. The summed E-state index contributed by atoms with van der Waals surface area (Å²) < 4.78 is 11.2. The Hall–Kier alpha value is -1.06. The van der Waals surface area contributed by atoms with Crippen molar-refractivity contribution in [1.82, 2.24) is 15.5 Å². The lowest BCUT2D eigenvalue weighted by atomic mass is 9.96. The third-order valence-electron chi connectivity index (χ3n) is 5.24. The molecule has 2 aliphatic rings. The second kappa shape index (κ2) is 9.75. The maximum atomic E-state index is 5.92. The molecule has 1 aromatic carbocycles. The number of nitrogens with zero attached hydrogens (tertiary/aromatic N) is 2. The number of hydrogen-bond acceptors (Lipinski definition) is 4. The van der Waals surface area contributed by atoms with Gasteiger partial charge in [0.25, 0.3) is 0 Å². The van der Waals surface area contributed by atoms with E-state index in [9.17, 15) is 0 Å². The van der Waals surface area contributed by atoms with Gasteiger partial charge in [-0.15, -0.1) is 24.0 Å². The van der Waals surface area contributed by atoms with Crippen LogP contribution in [-0.4, -0.2) is 63.9 Å². The molecule has 1 aromatic rings. The van der Waals surface area contributed by atoms with Gasteiger partial charge in [0.2, 0.25) is 0 Å². The summed E-state index contributed by atoms with van der Waals surface area (Å²) in [4.78, 5) is 6.60. The van der Waals surface area contributed by atoms with Crippen molar-refractivity contribution in [2.24, 2.45) is 4.99 Å². The van der Waals surface area contributed by atoms with Crippen LogP contribution in [0.3, 0.4) is 0 Å². The van der Waals surface area contributed by atoms with Gasteiger partial charge in [-0.1, -0.05) is 12.1 Å². The van der Waals surface area contributed by atoms with Crippen LogP contribution in [0.2, 0.25) is 0 Å². The first-order chi connectivity index (χ1) is 12.1. The van der Waals surface area contributed by atoms with Gasteiger partial charge in [-0.2, -0.15) is 0 Å². The van der Waals surface area contributed by atoms with Gasteiger partial charge in [0.1, 0.15) is 5.75 Å². The number of halogens is 1. The Kier molecular flexibility index (Phi) is 7.97. The number of methoxy groups -OCH3 is 1. The molecule has 2 aliphatic heterocycles. The van der Waals surface area contributed by atoms with Crippen LogP contribution in [0.5, 0.6) is 5.75 Å². The Morgan fingerprint density at radius 3 is 2.54 bits per heavy atom. The summed E-state index contributed by atoms with van der Waals surface area (Å²) in [5, 5.41) is 7.01. The van der Waals surface area contributed by atoms with Gasteiger partial charge in [-0.05, 0) is 51.1 Å². The zero-order chi connectivity index (χ0) is 17.8. The van der Waals surface area contributed by atoms with Crippen molar-refractivity contribution in [3.63, 3.8) is 0 Å². The van der Waals surface area contributed by atoms with Crippen LogP contribution in [0.4, 0.5) is 0 Å². The fourth-order valence-electron chi connectivity index (χ4n) is 3.78. The predicted molar refractivity (Wildman–Crippen MR) is 116 cm³/mol. The SMILES string of the molecule is CN=C(NCC(c1ccc(OC)cc1)N(C)C)NC1CC2CCC1O2.I. The minimum absolute atomic E-state index is 0. The molecule has 6 nitrogen and oxygen atoms in total. The molecule has 146 valence electrons. The second-order valence-corrected chi connectivity index (χ2v) is 7.07. The topological polar surface area (TPSA) is 58.1 Å². The summed E-state index contributed by atoms with van der Waals surface area (Å²) in [6.07, 6.45) is 4.23. The Balaban J connectivity index is 0.00000243. The van der Waals surface area contributed by atoms with Crippen LogP contribution in [0, 0.1) is 0 Å². The predicted octanol–water partition coefficient (Wildman–Crippen LogP) is 2.40. The maximum absolute atomic E-state index is 5.92. The van der Waals surface area contributed by atoms with Gasteiger partial charge in [-0.3, -0.25) is 4.99 Å². The van der Waals surface area contributed by atoms with E-state index in [1.807, 2.05) is 19.2 Å². The summed E-state index contributed by atoms with van der Waals surface area (Å²) >= 11 is 0. The van der Waals surface area contributed by atoms with Crippen LogP contribution < -0.4 is 15.4 Å². The summed E-state index contributed by atoms with van der Waals surface area (Å²) in [5.74, 6) is 1.73. The molecule has 0 saturated carbocycles. The van der Waals surface area contributed by atoms with E-state index < -0.39 is 0 Å². The highest BCUT2D eigenvalue weighted by Crippen LogP contribution is 2.34. The molecule has 0 aliphatic carbocycles. The van der Waals surface area contributed by atoms with Gasteiger partial charge in [-0.25, -0.2) is 0 Å². The van der Waals surface area contributed by atoms with Crippen LogP contribution in [0.1, 0.15) is 30.9 Å². The maximum Gasteiger partial charge on any atom is 0.191 e. The lowest BCUT2D eigenvalue weighted by Gasteiger charge is -2.28. The van der Waals surface area contributed by atoms with E-state index in [2.05, 4.69) is 46.8 Å². The second-order valence-electron chi connectivity index (χ2n) is 7.07. The Morgan fingerprint density at radius 2 is 2.04 bits per heavy atom. The zero-order valence-electron chi connectivity index (χ0n) is 16.1. The lowest BCUT2D eigenvalue weighted by molar-refractivity contribution is 0.0992. The number of nitrogens with one attached hydrogen (secondary N) is 2. The molecule has 7 heteroatoms. The Bertz CT molecular complexity index is 594. The van der Waals surface area contributed by atoms with Crippen molar-refractivity contribution in [2.75, 3.05) is 34.8 Å². The number of benzene rings is 1. The third-order valence-corrected chi connectivity index (χ3v) is 5.24. The molecular formula is C19H31IN4O2. The standard InChI is InChI=1S/C19H30N4O2.HI/c1-20-19(22-16-11-15-9-10-18(16)25-15)21-12-17(23(2)3)13-5-7-14(24-4)8-6-13;/h5-8,15-18H,9-12H2,1-4H3,(H2,20,21,22);1H. The van der Waals surface area contributed by atoms with E-state index in [1.165, 1.54) is 12.0 Å². The molecule has 26 heavy (non-hydrogen) atoms. The fraction of sp³-hybridized carbons (Fsp3) is 0.632. The fourth-order valence-corrected chi connectivity index (χ4v) is 3.78. The number of likely N-dealkylation sites (N-methyl/N-ethyl adjacent to an activating group) is 1. The first kappa shape index (κ1) is 21.2. The number of rotatable bonds is 6. The molecule has 0 radical (unpaired) electrons. The molecule has 2 saturated heterocycles. The molecule has 2 bridgehead atoms. The van der Waals surface area contributed by atoms with Gasteiger partial charge in [0.05, 0.1) is 31.4 Å². The highest BCUT2D eigenvalue weighted by Gasteiger charge is 2.41. The lowest BCUT2D eigenvalue weighted by Crippen LogP contribution is -2.49. The highest BCUT2D eigenvalue weighted by molar-refractivity contribution is 14.0. The van der Waals surface area contributed by atoms with Crippen molar-refractivity contribution >= 4 is 29.9 Å². The van der Waals surface area contributed by atoms with E-state index in [1.54, 1.807) is 7.11 Å². The molecule has 4 unspecified atom stereocenters. The molecule has 2 heterocycles. The average molecular weight is 474 g/mol. The smallest absolute Gasteiger partial charge is 0.191 e. The Morgan fingerprint density at radius 1 is 1.31 bits per heavy atom. The van der Waals surface area contributed by atoms with Gasteiger partial charge < -0.3 is 25.0 Å². The normalized spacial score (nSPS) is 25.7. The Labute approximate surface area is 173 Å². The van der Waals surface area contributed by atoms with Crippen molar-refractivity contribution in [3.05, 3.63) is 29.8 Å². The van der Waals surface area contributed by atoms with E-state index in [-0.39, 0.29) is 30.0 Å².